The molecular formula is C24H30ClN3O2. The number of morpholine rings is 1. The summed E-state index contributed by atoms with van der Waals surface area (Å²) in [4.78, 5) is 19.9. The quantitative estimate of drug-likeness (QED) is 0.736. The van der Waals surface area contributed by atoms with Gasteiger partial charge in [-0.15, -0.1) is 0 Å². The molecule has 2 aromatic carbocycles. The standard InChI is InChI=1S/C24H30ClN3O2/c1-18(2)26-11-13-27(14-12-26)22-9-5-20(6-10-22)24(29)28-15-16-30-23(17-28)19-3-7-21(25)8-4-19/h3-10,18,23H,11-17H2,1-2H3. The molecule has 2 saturated heterocycles. The minimum Gasteiger partial charge on any atom is -0.370 e. The van der Waals surface area contributed by atoms with Crippen LogP contribution in [0.15, 0.2) is 48.5 Å². The van der Waals surface area contributed by atoms with Crippen molar-refractivity contribution >= 4 is 23.2 Å². The van der Waals surface area contributed by atoms with Crippen LogP contribution in [-0.4, -0.2) is 67.6 Å². The molecule has 0 radical (unpaired) electrons. The molecule has 5 nitrogen and oxygen atoms in total. The number of piperazine rings is 1. The lowest BCUT2D eigenvalue weighted by Gasteiger charge is -2.38. The van der Waals surface area contributed by atoms with Gasteiger partial charge in [-0.1, -0.05) is 23.7 Å². The molecule has 0 N–H and O–H groups in total. The van der Waals surface area contributed by atoms with Crippen LogP contribution in [-0.2, 0) is 4.74 Å². The highest BCUT2D eigenvalue weighted by molar-refractivity contribution is 6.30. The number of halogens is 1. The van der Waals surface area contributed by atoms with Crippen LogP contribution in [0.1, 0.15) is 35.9 Å². The fraction of sp³-hybridized carbons (Fsp3) is 0.458. The summed E-state index contributed by atoms with van der Waals surface area (Å²) in [5.74, 6) is 0.0634. The summed E-state index contributed by atoms with van der Waals surface area (Å²) in [5, 5.41) is 0.702. The van der Waals surface area contributed by atoms with Gasteiger partial charge in [0.25, 0.3) is 5.91 Å². The normalized spacial score (nSPS) is 20.6. The first-order valence-electron chi connectivity index (χ1n) is 10.8. The maximum Gasteiger partial charge on any atom is 0.254 e. The number of nitrogens with zero attached hydrogens (tertiary/aromatic N) is 3. The molecule has 160 valence electrons. The number of carbonyl (C=O) groups is 1. The van der Waals surface area contributed by atoms with Gasteiger partial charge in [0.2, 0.25) is 0 Å². The second-order valence-corrected chi connectivity index (χ2v) is 8.76. The monoisotopic (exact) mass is 427 g/mol. The Morgan fingerprint density at radius 3 is 2.27 bits per heavy atom. The minimum absolute atomic E-state index is 0.0634. The molecule has 6 heteroatoms. The first kappa shape index (κ1) is 21.2. The Labute approximate surface area is 184 Å². The number of amides is 1. The van der Waals surface area contributed by atoms with Crippen molar-refractivity contribution in [1.29, 1.82) is 0 Å². The summed E-state index contributed by atoms with van der Waals surface area (Å²) in [6.07, 6.45) is -0.114. The fourth-order valence-electron chi connectivity index (χ4n) is 4.21. The predicted octanol–water partition coefficient (Wildman–Crippen LogP) is 4.08. The zero-order chi connectivity index (χ0) is 21.1. The summed E-state index contributed by atoms with van der Waals surface area (Å²) >= 11 is 5.99. The lowest BCUT2D eigenvalue weighted by Crippen LogP contribution is -2.48. The predicted molar refractivity (Wildman–Crippen MR) is 121 cm³/mol. The van der Waals surface area contributed by atoms with Crippen LogP contribution < -0.4 is 4.90 Å². The molecule has 0 bridgehead atoms. The zero-order valence-electron chi connectivity index (χ0n) is 17.8. The molecule has 0 spiro atoms. The third-order valence-electron chi connectivity index (χ3n) is 6.12. The lowest BCUT2D eigenvalue weighted by atomic mass is 10.1. The highest BCUT2D eigenvalue weighted by atomic mass is 35.5. The summed E-state index contributed by atoms with van der Waals surface area (Å²) in [6, 6.07) is 16.3. The van der Waals surface area contributed by atoms with Gasteiger partial charge in [-0.25, -0.2) is 0 Å². The van der Waals surface area contributed by atoms with Gasteiger partial charge >= 0.3 is 0 Å². The number of ether oxygens (including phenoxy) is 1. The van der Waals surface area contributed by atoms with Crippen LogP contribution in [0, 0.1) is 0 Å². The molecule has 0 aliphatic carbocycles. The SMILES string of the molecule is CC(C)N1CCN(c2ccc(C(=O)N3CCOC(c4ccc(Cl)cc4)C3)cc2)CC1. The molecule has 2 aromatic rings. The Kier molecular flexibility index (Phi) is 6.61. The largest absolute Gasteiger partial charge is 0.370 e. The van der Waals surface area contributed by atoms with Crippen molar-refractivity contribution in [1.82, 2.24) is 9.80 Å². The van der Waals surface area contributed by atoms with Crippen LogP contribution in [0.5, 0.6) is 0 Å². The number of benzene rings is 2. The van der Waals surface area contributed by atoms with Gasteiger partial charge in [-0.2, -0.15) is 0 Å². The second-order valence-electron chi connectivity index (χ2n) is 8.33. The Hall–Kier alpha value is -2.08. The van der Waals surface area contributed by atoms with Gasteiger partial charge in [-0.3, -0.25) is 9.69 Å². The smallest absolute Gasteiger partial charge is 0.254 e. The maximum absolute atomic E-state index is 13.1. The third-order valence-corrected chi connectivity index (χ3v) is 6.37. The van der Waals surface area contributed by atoms with Gasteiger partial charge in [0, 0.05) is 55.0 Å². The maximum atomic E-state index is 13.1. The van der Waals surface area contributed by atoms with Crippen molar-refractivity contribution in [3.8, 4) is 0 Å². The van der Waals surface area contributed by atoms with Crippen LogP contribution in [0.4, 0.5) is 5.69 Å². The third kappa shape index (κ3) is 4.80. The van der Waals surface area contributed by atoms with Gasteiger partial charge < -0.3 is 14.5 Å². The number of rotatable bonds is 4. The molecule has 2 aliphatic rings. The van der Waals surface area contributed by atoms with Crippen molar-refractivity contribution in [2.75, 3.05) is 50.8 Å². The summed E-state index contributed by atoms with van der Waals surface area (Å²) in [5.41, 5.74) is 2.97. The minimum atomic E-state index is -0.114. The van der Waals surface area contributed by atoms with Crippen LogP contribution in [0.25, 0.3) is 0 Å². The first-order chi connectivity index (χ1) is 14.5. The Balaban J connectivity index is 1.38. The van der Waals surface area contributed by atoms with Crippen LogP contribution >= 0.6 is 11.6 Å². The molecule has 2 aliphatic heterocycles. The van der Waals surface area contributed by atoms with Gasteiger partial charge in [-0.05, 0) is 55.8 Å². The number of anilines is 1. The second kappa shape index (κ2) is 9.38. The van der Waals surface area contributed by atoms with Crippen LogP contribution in [0.3, 0.4) is 0 Å². The van der Waals surface area contributed by atoms with Gasteiger partial charge in [0.1, 0.15) is 6.10 Å². The van der Waals surface area contributed by atoms with Crippen molar-refractivity contribution in [3.63, 3.8) is 0 Å². The average molecular weight is 428 g/mol. The van der Waals surface area contributed by atoms with E-state index >= 15 is 0 Å². The molecule has 30 heavy (non-hydrogen) atoms. The summed E-state index contributed by atoms with van der Waals surface area (Å²) in [7, 11) is 0. The zero-order valence-corrected chi connectivity index (χ0v) is 18.5. The molecule has 1 atom stereocenters. The highest BCUT2D eigenvalue weighted by Crippen LogP contribution is 2.25. The van der Waals surface area contributed by atoms with Gasteiger partial charge in [0.15, 0.2) is 0 Å². The Bertz CT molecular complexity index is 846. The van der Waals surface area contributed by atoms with E-state index in [1.165, 1.54) is 5.69 Å². The summed E-state index contributed by atoms with van der Waals surface area (Å²) < 4.78 is 5.90. The van der Waals surface area contributed by atoms with E-state index in [2.05, 4.69) is 35.8 Å². The number of hydrogen-bond acceptors (Lipinski definition) is 4. The molecule has 1 unspecified atom stereocenters. The van der Waals surface area contributed by atoms with Crippen molar-refractivity contribution in [2.24, 2.45) is 0 Å². The molecular weight excluding hydrogens is 398 g/mol. The van der Waals surface area contributed by atoms with Crippen molar-refractivity contribution in [3.05, 3.63) is 64.7 Å². The number of carbonyl (C=O) groups excluding carboxylic acids is 1. The van der Waals surface area contributed by atoms with E-state index in [1.54, 1.807) is 0 Å². The van der Waals surface area contributed by atoms with E-state index in [0.29, 0.717) is 30.8 Å². The van der Waals surface area contributed by atoms with E-state index in [4.69, 9.17) is 16.3 Å². The summed E-state index contributed by atoms with van der Waals surface area (Å²) in [6.45, 7) is 10.4. The highest BCUT2D eigenvalue weighted by Gasteiger charge is 2.26. The van der Waals surface area contributed by atoms with Gasteiger partial charge in [0.05, 0.1) is 13.2 Å². The molecule has 0 aromatic heterocycles. The van der Waals surface area contributed by atoms with E-state index in [9.17, 15) is 4.79 Å². The van der Waals surface area contributed by atoms with Crippen LogP contribution in [0.2, 0.25) is 5.02 Å². The topological polar surface area (TPSA) is 36.0 Å². The number of hydrogen-bond donors (Lipinski definition) is 0. The molecule has 2 heterocycles. The van der Waals surface area contributed by atoms with E-state index in [-0.39, 0.29) is 12.0 Å². The molecule has 0 saturated carbocycles. The van der Waals surface area contributed by atoms with E-state index in [0.717, 1.165) is 37.3 Å². The Morgan fingerprint density at radius 2 is 1.63 bits per heavy atom. The lowest BCUT2D eigenvalue weighted by molar-refractivity contribution is -0.0228. The first-order valence-corrected chi connectivity index (χ1v) is 11.1. The van der Waals surface area contributed by atoms with Crippen molar-refractivity contribution < 1.29 is 9.53 Å². The van der Waals surface area contributed by atoms with Crippen molar-refractivity contribution in [2.45, 2.75) is 26.0 Å². The van der Waals surface area contributed by atoms with E-state index in [1.807, 2.05) is 41.3 Å². The average Bonchev–Trinajstić information content (AvgIpc) is 2.79. The molecule has 2 fully saturated rings. The fourth-order valence-corrected chi connectivity index (χ4v) is 4.33. The molecule has 4 rings (SSSR count). The Morgan fingerprint density at radius 1 is 0.967 bits per heavy atom. The van der Waals surface area contributed by atoms with E-state index < -0.39 is 0 Å². The molecule has 1 amide bonds.